The average Bonchev–Trinajstić information content (AvgIpc) is 2.33. The molecular formula is C15H30O2. The Morgan fingerprint density at radius 2 is 1.53 bits per heavy atom. The highest BCUT2D eigenvalue weighted by atomic mass is 16.6. The van der Waals surface area contributed by atoms with E-state index >= 15 is 0 Å². The maximum atomic E-state index is 5.82. The first-order valence-corrected chi connectivity index (χ1v) is 7.56. The van der Waals surface area contributed by atoms with E-state index in [1.807, 2.05) is 0 Å². The van der Waals surface area contributed by atoms with Gasteiger partial charge in [-0.25, -0.2) is 0 Å². The van der Waals surface area contributed by atoms with Crippen LogP contribution in [0.2, 0.25) is 0 Å². The summed E-state index contributed by atoms with van der Waals surface area (Å²) in [6.07, 6.45) is 12.9. The van der Waals surface area contributed by atoms with Crippen LogP contribution in [0, 0.1) is 0 Å². The highest BCUT2D eigenvalue weighted by molar-refractivity contribution is 4.65. The van der Waals surface area contributed by atoms with Crippen LogP contribution in [0.3, 0.4) is 0 Å². The van der Waals surface area contributed by atoms with Gasteiger partial charge in [0.05, 0.1) is 25.4 Å². The molecule has 0 amide bonds. The van der Waals surface area contributed by atoms with Crippen LogP contribution >= 0.6 is 0 Å². The predicted molar refractivity (Wildman–Crippen MR) is 72.4 cm³/mol. The van der Waals surface area contributed by atoms with Crippen molar-refractivity contribution < 1.29 is 9.47 Å². The maximum absolute atomic E-state index is 5.82. The highest BCUT2D eigenvalue weighted by Crippen LogP contribution is 2.15. The molecule has 0 bridgehead atoms. The van der Waals surface area contributed by atoms with Gasteiger partial charge in [-0.2, -0.15) is 0 Å². The van der Waals surface area contributed by atoms with Crippen LogP contribution in [-0.2, 0) is 9.47 Å². The number of hydrogen-bond acceptors (Lipinski definition) is 2. The molecule has 2 unspecified atom stereocenters. The molecule has 1 heterocycles. The van der Waals surface area contributed by atoms with E-state index in [9.17, 15) is 0 Å². The molecule has 0 aromatic heterocycles. The Labute approximate surface area is 107 Å². The number of rotatable bonds is 9. The van der Waals surface area contributed by atoms with Gasteiger partial charge in [-0.05, 0) is 13.3 Å². The molecule has 1 rings (SSSR count). The molecule has 0 aromatic rings. The Hall–Kier alpha value is -0.0800. The smallest absolute Gasteiger partial charge is 0.0813 e. The van der Waals surface area contributed by atoms with Gasteiger partial charge in [-0.1, -0.05) is 58.3 Å². The van der Waals surface area contributed by atoms with Crippen molar-refractivity contribution in [3.05, 3.63) is 0 Å². The molecule has 0 saturated carbocycles. The van der Waals surface area contributed by atoms with Crippen molar-refractivity contribution in [2.24, 2.45) is 0 Å². The Morgan fingerprint density at radius 3 is 2.18 bits per heavy atom. The summed E-state index contributed by atoms with van der Waals surface area (Å²) in [6.45, 7) is 5.95. The summed E-state index contributed by atoms with van der Waals surface area (Å²) in [6, 6.07) is 0. The Morgan fingerprint density at radius 1 is 0.882 bits per heavy atom. The standard InChI is InChI=1S/C15H30O2/c1-3-4-5-6-7-8-9-10-11-15-13-16-12-14(2)17-15/h14-15H,3-13H2,1-2H3. The minimum Gasteiger partial charge on any atom is -0.376 e. The van der Waals surface area contributed by atoms with Gasteiger partial charge in [-0.3, -0.25) is 0 Å². The van der Waals surface area contributed by atoms with Gasteiger partial charge in [0.1, 0.15) is 0 Å². The molecule has 17 heavy (non-hydrogen) atoms. The van der Waals surface area contributed by atoms with E-state index in [0.29, 0.717) is 12.2 Å². The summed E-state index contributed by atoms with van der Waals surface area (Å²) in [5.41, 5.74) is 0. The first kappa shape index (κ1) is 15.0. The molecule has 2 atom stereocenters. The van der Waals surface area contributed by atoms with Crippen molar-refractivity contribution in [1.82, 2.24) is 0 Å². The minimum absolute atomic E-state index is 0.294. The second-order valence-corrected chi connectivity index (χ2v) is 5.37. The molecule has 2 heteroatoms. The Balaban J connectivity index is 1.83. The second-order valence-electron chi connectivity index (χ2n) is 5.37. The van der Waals surface area contributed by atoms with E-state index in [2.05, 4.69) is 13.8 Å². The molecule has 1 aliphatic heterocycles. The first-order chi connectivity index (χ1) is 8.33. The van der Waals surface area contributed by atoms with E-state index in [-0.39, 0.29) is 0 Å². The van der Waals surface area contributed by atoms with Gasteiger partial charge in [0.25, 0.3) is 0 Å². The fraction of sp³-hybridized carbons (Fsp3) is 1.00. The summed E-state index contributed by atoms with van der Waals surface area (Å²) in [5.74, 6) is 0. The van der Waals surface area contributed by atoms with Gasteiger partial charge in [0.15, 0.2) is 0 Å². The molecule has 102 valence electrons. The third kappa shape index (κ3) is 7.77. The van der Waals surface area contributed by atoms with Crippen molar-refractivity contribution in [2.75, 3.05) is 13.2 Å². The van der Waals surface area contributed by atoms with E-state index < -0.39 is 0 Å². The van der Waals surface area contributed by atoms with E-state index in [0.717, 1.165) is 13.2 Å². The van der Waals surface area contributed by atoms with Gasteiger partial charge >= 0.3 is 0 Å². The van der Waals surface area contributed by atoms with Crippen molar-refractivity contribution >= 4 is 0 Å². The second kappa shape index (κ2) is 9.90. The molecule has 0 aromatic carbocycles. The zero-order chi connectivity index (χ0) is 12.3. The van der Waals surface area contributed by atoms with Crippen LogP contribution in [-0.4, -0.2) is 25.4 Å². The number of ether oxygens (including phenoxy) is 2. The summed E-state index contributed by atoms with van der Waals surface area (Å²) >= 11 is 0. The number of unbranched alkanes of at least 4 members (excludes halogenated alkanes) is 7. The van der Waals surface area contributed by atoms with E-state index in [1.54, 1.807) is 0 Å². The van der Waals surface area contributed by atoms with Gasteiger partial charge in [0, 0.05) is 0 Å². The molecule has 0 aliphatic carbocycles. The quantitative estimate of drug-likeness (QED) is 0.561. The summed E-state index contributed by atoms with van der Waals surface area (Å²) in [5, 5.41) is 0. The first-order valence-electron chi connectivity index (χ1n) is 7.56. The zero-order valence-corrected chi connectivity index (χ0v) is 11.7. The lowest BCUT2D eigenvalue weighted by atomic mass is 10.1. The van der Waals surface area contributed by atoms with Crippen LogP contribution in [0.4, 0.5) is 0 Å². The maximum Gasteiger partial charge on any atom is 0.0813 e. The largest absolute Gasteiger partial charge is 0.376 e. The molecular weight excluding hydrogens is 212 g/mol. The molecule has 2 nitrogen and oxygen atoms in total. The van der Waals surface area contributed by atoms with E-state index in [4.69, 9.17) is 9.47 Å². The van der Waals surface area contributed by atoms with Gasteiger partial charge < -0.3 is 9.47 Å². The molecule has 0 spiro atoms. The Bertz CT molecular complexity index is 170. The minimum atomic E-state index is 0.294. The molecule has 1 aliphatic rings. The van der Waals surface area contributed by atoms with Crippen molar-refractivity contribution in [2.45, 2.75) is 83.8 Å². The Kier molecular flexibility index (Phi) is 8.72. The molecule has 0 radical (unpaired) electrons. The fourth-order valence-electron chi connectivity index (χ4n) is 2.43. The van der Waals surface area contributed by atoms with Crippen LogP contribution < -0.4 is 0 Å². The van der Waals surface area contributed by atoms with Crippen molar-refractivity contribution in [3.63, 3.8) is 0 Å². The van der Waals surface area contributed by atoms with E-state index in [1.165, 1.54) is 57.8 Å². The fourth-order valence-corrected chi connectivity index (χ4v) is 2.43. The molecule has 1 fully saturated rings. The summed E-state index contributed by atoms with van der Waals surface area (Å²) in [4.78, 5) is 0. The van der Waals surface area contributed by atoms with Gasteiger partial charge in [0.2, 0.25) is 0 Å². The predicted octanol–water partition coefficient (Wildman–Crippen LogP) is 4.32. The van der Waals surface area contributed by atoms with Gasteiger partial charge in [-0.15, -0.1) is 0 Å². The lowest BCUT2D eigenvalue weighted by Crippen LogP contribution is -2.34. The van der Waals surface area contributed by atoms with Crippen LogP contribution in [0.1, 0.15) is 71.6 Å². The van der Waals surface area contributed by atoms with Crippen molar-refractivity contribution in [1.29, 1.82) is 0 Å². The third-order valence-corrected chi connectivity index (χ3v) is 3.46. The lowest BCUT2D eigenvalue weighted by Gasteiger charge is -2.28. The zero-order valence-electron chi connectivity index (χ0n) is 11.7. The SMILES string of the molecule is CCCCCCCCCCC1COCC(C)O1. The van der Waals surface area contributed by atoms with Crippen molar-refractivity contribution in [3.8, 4) is 0 Å². The summed E-state index contributed by atoms with van der Waals surface area (Å²) < 4.78 is 11.3. The van der Waals surface area contributed by atoms with Crippen LogP contribution in [0.25, 0.3) is 0 Å². The molecule has 1 saturated heterocycles. The monoisotopic (exact) mass is 242 g/mol. The average molecular weight is 242 g/mol. The topological polar surface area (TPSA) is 18.5 Å². The third-order valence-electron chi connectivity index (χ3n) is 3.46. The normalized spacial score (nSPS) is 25.1. The molecule has 0 N–H and O–H groups in total. The lowest BCUT2D eigenvalue weighted by molar-refractivity contribution is -0.133. The number of hydrogen-bond donors (Lipinski definition) is 0. The summed E-state index contributed by atoms with van der Waals surface area (Å²) in [7, 11) is 0. The highest BCUT2D eigenvalue weighted by Gasteiger charge is 2.18. The van der Waals surface area contributed by atoms with Crippen LogP contribution in [0.5, 0.6) is 0 Å². The van der Waals surface area contributed by atoms with Crippen LogP contribution in [0.15, 0.2) is 0 Å².